The number of para-hydroxylation sites is 1. The van der Waals surface area contributed by atoms with Crippen molar-refractivity contribution in [1.82, 2.24) is 30.4 Å². The van der Waals surface area contributed by atoms with Gasteiger partial charge in [0.1, 0.15) is 36.8 Å². The Morgan fingerprint density at radius 2 is 1.58 bits per heavy atom. The molecular formula is C46H49F3N6O9S2. The molecule has 0 aliphatic carbocycles. The van der Waals surface area contributed by atoms with E-state index >= 15 is 0 Å². The van der Waals surface area contributed by atoms with Crippen LogP contribution in [0.15, 0.2) is 111 Å². The third-order valence-corrected chi connectivity index (χ3v) is 12.8. The number of carbonyl (C=O) groups excluding carboxylic acids is 2. The second-order valence-electron chi connectivity index (χ2n) is 16.0. The van der Waals surface area contributed by atoms with E-state index in [-0.39, 0.29) is 44.9 Å². The molecule has 5 atom stereocenters. The molecule has 0 spiro atoms. The van der Waals surface area contributed by atoms with Crippen molar-refractivity contribution in [2.24, 2.45) is 5.92 Å². The average molecular weight is 951 g/mol. The highest BCUT2D eigenvalue weighted by Gasteiger charge is 2.38. The maximum Gasteiger partial charge on any atom is 0.405 e. The van der Waals surface area contributed by atoms with Crippen LogP contribution in [0.3, 0.4) is 0 Å². The molecule has 7 heterocycles. The molecule has 6 aromatic rings. The molecule has 350 valence electrons. The van der Waals surface area contributed by atoms with Gasteiger partial charge in [-0.25, -0.2) is 9.97 Å². The van der Waals surface area contributed by atoms with Gasteiger partial charge in [0.2, 0.25) is 18.1 Å². The molecular weight excluding hydrogens is 902 g/mol. The van der Waals surface area contributed by atoms with Crippen LogP contribution in [0.5, 0.6) is 5.75 Å². The van der Waals surface area contributed by atoms with Crippen LogP contribution in [0, 0.1) is 5.92 Å². The average Bonchev–Trinajstić information content (AvgIpc) is 4.17. The number of rotatable bonds is 15. The second-order valence-corrected chi connectivity index (χ2v) is 17.8. The van der Waals surface area contributed by atoms with E-state index in [2.05, 4.69) is 15.3 Å². The number of nitrogens with one attached hydrogen (secondary N) is 2. The molecule has 20 heteroatoms. The van der Waals surface area contributed by atoms with Crippen molar-refractivity contribution < 1.29 is 56.0 Å². The van der Waals surface area contributed by atoms with Gasteiger partial charge in [-0.1, -0.05) is 48.5 Å². The second kappa shape index (κ2) is 21.9. The Morgan fingerprint density at radius 1 is 0.879 bits per heavy atom. The Labute approximate surface area is 386 Å². The number of furan rings is 2. The summed E-state index contributed by atoms with van der Waals surface area (Å²) in [6.07, 6.45) is -3.31. The van der Waals surface area contributed by atoms with Crippen LogP contribution in [0.2, 0.25) is 0 Å². The van der Waals surface area contributed by atoms with Crippen molar-refractivity contribution in [2.75, 3.05) is 52.5 Å². The zero-order valence-corrected chi connectivity index (χ0v) is 37.2. The minimum Gasteiger partial charge on any atom is -0.490 e. The van der Waals surface area contributed by atoms with Crippen LogP contribution in [0.4, 0.5) is 13.2 Å². The van der Waals surface area contributed by atoms with Gasteiger partial charge in [-0.3, -0.25) is 19.4 Å². The highest BCUT2D eigenvalue weighted by atomic mass is 32.1. The van der Waals surface area contributed by atoms with Crippen molar-refractivity contribution in [3.8, 4) is 27.3 Å². The van der Waals surface area contributed by atoms with Crippen LogP contribution >= 0.6 is 22.7 Å². The Kier molecular flexibility index (Phi) is 15.6. The molecule has 2 amide bonds. The lowest BCUT2D eigenvalue weighted by Gasteiger charge is -2.41. The molecule has 0 bridgehead atoms. The smallest absolute Gasteiger partial charge is 0.405 e. The Bertz CT molecular complexity index is 2450. The molecule has 0 radical (unpaired) electrons. The minimum absolute atomic E-state index is 0.00460. The van der Waals surface area contributed by atoms with E-state index in [1.54, 1.807) is 65.0 Å². The van der Waals surface area contributed by atoms with E-state index in [1.807, 2.05) is 63.4 Å². The van der Waals surface area contributed by atoms with E-state index < -0.39 is 48.8 Å². The standard InChI is InChI=1S/C36H40F3N5O6S.C10H9NO3S/c37-36(38,39)22-41-34(48)28-20-43(19-26-10-11-31(50-26)35-40-12-15-51-35)13-14-44(28)18-25(45)17-24(16-23-6-2-1-3-7-23)33(47)42-32-27-8-4-5-9-30(27)49-21-29(32)46;1-2-8(10-12-4-5-13-10)14-7(1)9-11-3-6-15-9/h1-12,15,24-25,28-29,32,45-46H,13-14,16-22H2,(H,41,48)(H,42,47);1-3,6,10H,4-5H2/t24-,25+,28+,29-,32+;/m1./s1. The molecule has 3 aliphatic heterocycles. The fourth-order valence-corrected chi connectivity index (χ4v) is 9.24. The number of aliphatic hydroxyl groups is 2. The van der Waals surface area contributed by atoms with Crippen molar-refractivity contribution in [3.63, 3.8) is 0 Å². The fourth-order valence-electron chi connectivity index (χ4n) is 8.05. The van der Waals surface area contributed by atoms with Gasteiger partial charge in [0.05, 0.1) is 31.9 Å². The number of halogens is 3. The molecule has 3 aliphatic rings. The number of thiazole rings is 2. The number of benzene rings is 2. The zero-order chi connectivity index (χ0) is 46.0. The molecule has 0 unspecified atom stereocenters. The number of fused-ring (bicyclic) bond motifs is 1. The van der Waals surface area contributed by atoms with Gasteiger partial charge in [-0.15, -0.1) is 22.7 Å². The van der Waals surface area contributed by atoms with Gasteiger partial charge in [0, 0.05) is 60.8 Å². The van der Waals surface area contributed by atoms with Gasteiger partial charge < -0.3 is 43.9 Å². The quantitative estimate of drug-likeness (QED) is 0.0909. The molecule has 2 saturated heterocycles. The summed E-state index contributed by atoms with van der Waals surface area (Å²) in [6, 6.07) is 22.1. The number of amides is 2. The number of hydrogen-bond acceptors (Lipinski definition) is 15. The van der Waals surface area contributed by atoms with Crippen LogP contribution in [-0.2, 0) is 32.0 Å². The highest BCUT2D eigenvalue weighted by molar-refractivity contribution is 7.13. The predicted octanol–water partition coefficient (Wildman–Crippen LogP) is 6.24. The first-order valence-electron chi connectivity index (χ1n) is 21.4. The summed E-state index contributed by atoms with van der Waals surface area (Å²) in [4.78, 5) is 39.1. The third-order valence-electron chi connectivity index (χ3n) is 11.2. The van der Waals surface area contributed by atoms with Crippen LogP contribution in [-0.4, -0.2) is 119 Å². The first-order chi connectivity index (χ1) is 32.0. The highest BCUT2D eigenvalue weighted by Crippen LogP contribution is 2.34. The van der Waals surface area contributed by atoms with Crippen LogP contribution < -0.4 is 15.4 Å². The number of ether oxygens (including phenoxy) is 3. The van der Waals surface area contributed by atoms with E-state index in [0.717, 1.165) is 21.3 Å². The number of aliphatic hydroxyl groups excluding tert-OH is 2. The third kappa shape index (κ3) is 12.5. The van der Waals surface area contributed by atoms with E-state index in [0.29, 0.717) is 61.3 Å². The normalized spacial score (nSPS) is 20.1. The summed E-state index contributed by atoms with van der Waals surface area (Å²) < 4.78 is 67.1. The molecule has 4 N–H and O–H groups in total. The zero-order valence-electron chi connectivity index (χ0n) is 35.5. The van der Waals surface area contributed by atoms with Crippen LogP contribution in [0.25, 0.3) is 21.5 Å². The largest absolute Gasteiger partial charge is 0.490 e. The monoisotopic (exact) mass is 950 g/mol. The Morgan fingerprint density at radius 3 is 2.29 bits per heavy atom. The summed E-state index contributed by atoms with van der Waals surface area (Å²) in [5.74, 6) is 1.34. The summed E-state index contributed by atoms with van der Waals surface area (Å²) in [7, 11) is 0. The minimum atomic E-state index is -4.59. The van der Waals surface area contributed by atoms with Crippen molar-refractivity contribution in [1.29, 1.82) is 0 Å². The lowest BCUT2D eigenvalue weighted by molar-refractivity contribution is -0.143. The van der Waals surface area contributed by atoms with Gasteiger partial charge >= 0.3 is 6.18 Å². The molecule has 4 aromatic heterocycles. The molecule has 66 heavy (non-hydrogen) atoms. The SMILES string of the molecule is O=C(N[C@H]1c2ccccc2OC[C@H]1O)[C@H](Cc1ccccc1)C[C@H](O)CN1CCN(Cc2ccc(-c3nccs3)o2)C[C@H]1C(=O)NCC(F)(F)F.c1csc(-c2ccc(C3OCCO3)o2)n1. The lowest BCUT2D eigenvalue weighted by Crippen LogP contribution is -2.60. The van der Waals surface area contributed by atoms with Gasteiger partial charge in [-0.05, 0) is 48.7 Å². The summed E-state index contributed by atoms with van der Waals surface area (Å²) in [5, 5.41) is 32.5. The van der Waals surface area contributed by atoms with Crippen molar-refractivity contribution >= 4 is 34.5 Å². The van der Waals surface area contributed by atoms with Gasteiger partial charge in [-0.2, -0.15) is 13.2 Å². The number of β-amino-alcohol motifs (C(OH)–C–C–N with tert-alkyl or cyclic N) is 1. The number of alkyl halides is 3. The number of piperazine rings is 1. The molecule has 2 aromatic carbocycles. The summed E-state index contributed by atoms with van der Waals surface area (Å²) in [5.41, 5.74) is 1.51. The number of nitrogens with zero attached hydrogens (tertiary/aromatic N) is 4. The van der Waals surface area contributed by atoms with Gasteiger partial charge in [0.25, 0.3) is 0 Å². The first-order valence-corrected chi connectivity index (χ1v) is 23.2. The fraction of sp³-hybridized carbons (Fsp3) is 0.391. The number of hydrogen-bond donors (Lipinski definition) is 4. The molecule has 2 fully saturated rings. The molecule has 9 rings (SSSR count). The predicted molar refractivity (Wildman–Crippen MR) is 237 cm³/mol. The molecule has 15 nitrogen and oxygen atoms in total. The first kappa shape index (κ1) is 47.1. The Balaban J connectivity index is 0.000000330. The van der Waals surface area contributed by atoms with Crippen LogP contribution in [0.1, 0.15) is 41.4 Å². The maximum absolute atomic E-state index is 13.9. The van der Waals surface area contributed by atoms with E-state index in [9.17, 15) is 33.0 Å². The van der Waals surface area contributed by atoms with Crippen molar-refractivity contribution in [2.45, 2.75) is 56.1 Å². The molecule has 0 saturated carbocycles. The maximum atomic E-state index is 13.9. The lowest BCUT2D eigenvalue weighted by atomic mass is 9.90. The van der Waals surface area contributed by atoms with E-state index in [4.69, 9.17) is 23.0 Å². The van der Waals surface area contributed by atoms with Crippen molar-refractivity contribution in [3.05, 3.63) is 125 Å². The van der Waals surface area contributed by atoms with Gasteiger partial charge in [0.15, 0.2) is 27.3 Å². The van der Waals surface area contributed by atoms with E-state index in [1.165, 1.54) is 11.3 Å². The Hall–Kier alpha value is -5.45. The summed E-state index contributed by atoms with van der Waals surface area (Å²) >= 11 is 2.98. The number of carbonyl (C=O) groups is 2. The summed E-state index contributed by atoms with van der Waals surface area (Å²) in [6.45, 7) is 0.882. The number of aromatic nitrogens is 2. The topological polar surface area (TPSA) is 185 Å².